The lowest BCUT2D eigenvalue weighted by Gasteiger charge is -2.26. The van der Waals surface area contributed by atoms with E-state index < -0.39 is 0 Å². The van der Waals surface area contributed by atoms with Gasteiger partial charge in [-0.15, -0.1) is 0 Å². The van der Waals surface area contributed by atoms with Crippen molar-refractivity contribution in [3.63, 3.8) is 0 Å². The molecule has 0 saturated carbocycles. The highest BCUT2D eigenvalue weighted by molar-refractivity contribution is 7.98. The van der Waals surface area contributed by atoms with Crippen molar-refractivity contribution in [1.82, 2.24) is 10.2 Å². The second-order valence-corrected chi connectivity index (χ2v) is 5.97. The van der Waals surface area contributed by atoms with Crippen LogP contribution >= 0.6 is 11.8 Å². The molecule has 1 N–H and O–H groups in total. The number of amides is 1. The molecule has 100 valence electrons. The van der Waals surface area contributed by atoms with Crippen LogP contribution in [0.4, 0.5) is 0 Å². The first-order chi connectivity index (χ1) is 8.15. The fraction of sp³-hybridized carbons (Fsp3) is 0.923. The molecule has 1 rings (SSSR count). The zero-order valence-electron chi connectivity index (χ0n) is 11.4. The Morgan fingerprint density at radius 1 is 1.59 bits per heavy atom. The van der Waals surface area contributed by atoms with Gasteiger partial charge in [-0.05, 0) is 51.4 Å². The van der Waals surface area contributed by atoms with Gasteiger partial charge in [-0.2, -0.15) is 11.8 Å². The van der Waals surface area contributed by atoms with E-state index in [2.05, 4.69) is 18.5 Å². The zero-order valence-corrected chi connectivity index (χ0v) is 12.2. The molecule has 2 atom stereocenters. The molecule has 1 heterocycles. The average molecular weight is 258 g/mol. The molecule has 17 heavy (non-hydrogen) atoms. The Morgan fingerprint density at radius 3 is 2.94 bits per heavy atom. The van der Waals surface area contributed by atoms with Crippen molar-refractivity contribution in [2.75, 3.05) is 32.1 Å². The minimum atomic E-state index is 0.303. The van der Waals surface area contributed by atoms with Crippen LogP contribution in [-0.2, 0) is 4.79 Å². The first-order valence-corrected chi connectivity index (χ1v) is 7.99. The Kier molecular flexibility index (Phi) is 6.97. The Morgan fingerprint density at radius 2 is 2.35 bits per heavy atom. The number of nitrogens with zero attached hydrogens (tertiary/aromatic N) is 1. The van der Waals surface area contributed by atoms with Gasteiger partial charge in [0.15, 0.2) is 0 Å². The Balaban J connectivity index is 2.23. The predicted molar refractivity (Wildman–Crippen MR) is 75.4 cm³/mol. The summed E-state index contributed by atoms with van der Waals surface area (Å²) in [6.45, 7) is 4.36. The van der Waals surface area contributed by atoms with E-state index in [0.717, 1.165) is 25.3 Å². The first-order valence-electron chi connectivity index (χ1n) is 6.60. The molecular weight excluding hydrogens is 232 g/mol. The van der Waals surface area contributed by atoms with Crippen molar-refractivity contribution in [1.29, 1.82) is 0 Å². The maximum absolute atomic E-state index is 12.0. The summed E-state index contributed by atoms with van der Waals surface area (Å²) in [7, 11) is 1.93. The van der Waals surface area contributed by atoms with Crippen molar-refractivity contribution in [3.8, 4) is 0 Å². The highest BCUT2D eigenvalue weighted by atomic mass is 32.2. The van der Waals surface area contributed by atoms with Crippen LogP contribution in [0.2, 0.25) is 0 Å². The standard InChI is InChI=1S/C13H26N2OS/c1-11(10-17-3)15(2)13(16)7-6-12-5-4-8-14-9-12/h11-12,14H,4-10H2,1-3H3. The van der Waals surface area contributed by atoms with Crippen molar-refractivity contribution in [2.45, 2.75) is 38.6 Å². The first kappa shape index (κ1) is 14.8. The van der Waals surface area contributed by atoms with Crippen LogP contribution in [-0.4, -0.2) is 49.0 Å². The van der Waals surface area contributed by atoms with Crippen LogP contribution in [0, 0.1) is 5.92 Å². The van der Waals surface area contributed by atoms with Crippen molar-refractivity contribution < 1.29 is 4.79 Å². The topological polar surface area (TPSA) is 32.3 Å². The quantitative estimate of drug-likeness (QED) is 0.790. The molecule has 0 radical (unpaired) electrons. The summed E-state index contributed by atoms with van der Waals surface area (Å²) in [5.41, 5.74) is 0. The minimum absolute atomic E-state index is 0.303. The average Bonchev–Trinajstić information content (AvgIpc) is 2.36. The second-order valence-electron chi connectivity index (χ2n) is 5.06. The number of hydrogen-bond donors (Lipinski definition) is 1. The van der Waals surface area contributed by atoms with Crippen LogP contribution in [0.3, 0.4) is 0 Å². The second kappa shape index (κ2) is 7.98. The molecule has 1 saturated heterocycles. The van der Waals surface area contributed by atoms with Crippen LogP contribution in [0.5, 0.6) is 0 Å². The molecule has 3 nitrogen and oxygen atoms in total. The van der Waals surface area contributed by atoms with Crippen molar-refractivity contribution in [2.24, 2.45) is 5.92 Å². The van der Waals surface area contributed by atoms with E-state index in [1.54, 1.807) is 11.8 Å². The van der Waals surface area contributed by atoms with Gasteiger partial charge in [0.05, 0.1) is 0 Å². The molecular formula is C13H26N2OS. The lowest BCUT2D eigenvalue weighted by molar-refractivity contribution is -0.131. The zero-order chi connectivity index (χ0) is 12.7. The number of carbonyl (C=O) groups excluding carboxylic acids is 1. The summed E-state index contributed by atoms with van der Waals surface area (Å²) >= 11 is 1.80. The molecule has 1 aliphatic heterocycles. The van der Waals surface area contributed by atoms with Crippen molar-refractivity contribution in [3.05, 3.63) is 0 Å². The van der Waals surface area contributed by atoms with Gasteiger partial charge in [0, 0.05) is 25.3 Å². The molecule has 0 spiro atoms. The molecule has 1 amide bonds. The smallest absolute Gasteiger partial charge is 0.222 e. The van der Waals surface area contributed by atoms with Crippen LogP contribution in [0.15, 0.2) is 0 Å². The van der Waals surface area contributed by atoms with Gasteiger partial charge in [-0.3, -0.25) is 4.79 Å². The Labute approximate surface area is 110 Å². The molecule has 0 aromatic rings. The van der Waals surface area contributed by atoms with Gasteiger partial charge in [-0.1, -0.05) is 0 Å². The monoisotopic (exact) mass is 258 g/mol. The van der Waals surface area contributed by atoms with Gasteiger partial charge < -0.3 is 10.2 Å². The van der Waals surface area contributed by atoms with E-state index >= 15 is 0 Å². The highest BCUT2D eigenvalue weighted by Gasteiger charge is 2.18. The van der Waals surface area contributed by atoms with E-state index in [9.17, 15) is 4.79 Å². The third kappa shape index (κ3) is 5.30. The third-order valence-electron chi connectivity index (χ3n) is 3.63. The number of hydrogen-bond acceptors (Lipinski definition) is 3. The molecule has 0 bridgehead atoms. The van der Waals surface area contributed by atoms with Gasteiger partial charge in [0.25, 0.3) is 0 Å². The van der Waals surface area contributed by atoms with Gasteiger partial charge in [0.1, 0.15) is 0 Å². The number of rotatable bonds is 6. The largest absolute Gasteiger partial charge is 0.342 e. The number of carbonyl (C=O) groups is 1. The van der Waals surface area contributed by atoms with E-state index in [0.29, 0.717) is 24.3 Å². The summed E-state index contributed by atoms with van der Waals surface area (Å²) < 4.78 is 0. The van der Waals surface area contributed by atoms with Crippen LogP contribution < -0.4 is 5.32 Å². The highest BCUT2D eigenvalue weighted by Crippen LogP contribution is 2.17. The third-order valence-corrected chi connectivity index (χ3v) is 4.44. The van der Waals surface area contributed by atoms with E-state index in [4.69, 9.17) is 0 Å². The predicted octanol–water partition coefficient (Wildman–Crippen LogP) is 1.98. The SMILES string of the molecule is CSCC(C)N(C)C(=O)CCC1CCCNC1. The van der Waals surface area contributed by atoms with Crippen LogP contribution in [0.25, 0.3) is 0 Å². The number of piperidine rings is 1. The molecule has 2 unspecified atom stereocenters. The maximum Gasteiger partial charge on any atom is 0.222 e. The normalized spacial score (nSPS) is 22.2. The van der Waals surface area contributed by atoms with Crippen molar-refractivity contribution >= 4 is 17.7 Å². The lowest BCUT2D eigenvalue weighted by Crippen LogP contribution is -2.37. The molecule has 1 fully saturated rings. The molecule has 1 aliphatic rings. The lowest BCUT2D eigenvalue weighted by atomic mass is 9.94. The summed E-state index contributed by atoms with van der Waals surface area (Å²) in [6.07, 6.45) is 6.38. The minimum Gasteiger partial charge on any atom is -0.342 e. The number of thioether (sulfide) groups is 1. The van der Waals surface area contributed by atoms with Gasteiger partial charge >= 0.3 is 0 Å². The van der Waals surface area contributed by atoms with Gasteiger partial charge in [-0.25, -0.2) is 0 Å². The molecule has 4 heteroatoms. The fourth-order valence-corrected chi connectivity index (χ4v) is 2.98. The van der Waals surface area contributed by atoms with Crippen LogP contribution in [0.1, 0.15) is 32.6 Å². The Bertz CT molecular complexity index is 229. The Hall–Kier alpha value is -0.220. The van der Waals surface area contributed by atoms with E-state index in [1.807, 2.05) is 11.9 Å². The fourth-order valence-electron chi connectivity index (χ4n) is 2.27. The molecule has 0 aliphatic carbocycles. The van der Waals surface area contributed by atoms with E-state index in [-0.39, 0.29) is 0 Å². The summed E-state index contributed by atoms with van der Waals surface area (Å²) in [5.74, 6) is 2.03. The summed E-state index contributed by atoms with van der Waals surface area (Å²) in [6, 6.07) is 0.349. The number of nitrogens with one attached hydrogen (secondary N) is 1. The molecule has 0 aromatic carbocycles. The summed E-state index contributed by atoms with van der Waals surface area (Å²) in [5, 5.41) is 3.40. The van der Waals surface area contributed by atoms with Gasteiger partial charge in [0.2, 0.25) is 5.91 Å². The molecule has 0 aromatic heterocycles. The summed E-state index contributed by atoms with van der Waals surface area (Å²) in [4.78, 5) is 13.9. The maximum atomic E-state index is 12.0. The van der Waals surface area contributed by atoms with E-state index in [1.165, 1.54) is 12.8 Å².